The second-order valence-electron chi connectivity index (χ2n) is 9.45. The summed E-state index contributed by atoms with van der Waals surface area (Å²) in [5.41, 5.74) is 12.3. The Morgan fingerprint density at radius 3 is 2.13 bits per heavy atom. The monoisotopic (exact) mass is 545 g/mol. The van der Waals surface area contributed by atoms with Gasteiger partial charge in [-0.05, 0) is 30.0 Å². The first-order valence-corrected chi connectivity index (χ1v) is 12.3. The minimum absolute atomic E-state index is 0.0113. The first-order valence-electron chi connectivity index (χ1n) is 12.3. The predicted octanol–water partition coefficient (Wildman–Crippen LogP) is -1.31. The van der Waals surface area contributed by atoms with E-state index in [2.05, 4.69) is 25.9 Å². The number of nitrogens with zero attached hydrogens (tertiary/aromatic N) is 1. The molecule has 2 aromatic rings. The summed E-state index contributed by atoms with van der Waals surface area (Å²) in [4.78, 5) is 68.5. The number of primary amides is 1. The molecule has 1 aromatic carbocycles. The first-order chi connectivity index (χ1) is 18.4. The molecule has 4 atom stereocenters. The lowest BCUT2D eigenvalue weighted by atomic mass is 10.00. The number of carbonyl (C=O) groups excluding carboxylic acids is 4. The number of hydrogen-bond donors (Lipinski definition) is 8. The zero-order valence-electron chi connectivity index (χ0n) is 21.7. The van der Waals surface area contributed by atoms with Gasteiger partial charge in [0.15, 0.2) is 0 Å². The maximum absolute atomic E-state index is 13.4. The van der Waals surface area contributed by atoms with Crippen LogP contribution in [0.2, 0.25) is 0 Å². The molecule has 10 N–H and O–H groups in total. The van der Waals surface area contributed by atoms with E-state index >= 15 is 0 Å². The van der Waals surface area contributed by atoms with E-state index in [0.717, 1.165) is 0 Å². The fourth-order valence-electron chi connectivity index (χ4n) is 3.68. The molecule has 39 heavy (non-hydrogen) atoms. The smallest absolute Gasteiger partial charge is 0.326 e. The normalized spacial score (nSPS) is 14.1. The molecule has 0 spiro atoms. The number of aromatic nitrogens is 2. The van der Waals surface area contributed by atoms with Crippen molar-refractivity contribution in [1.82, 2.24) is 25.9 Å². The molecule has 0 saturated heterocycles. The van der Waals surface area contributed by atoms with Crippen molar-refractivity contribution >= 4 is 29.6 Å². The fraction of sp³-hybridized carbons (Fsp3) is 0.440. The van der Waals surface area contributed by atoms with E-state index in [1.54, 1.807) is 26.0 Å². The molecule has 0 radical (unpaired) electrons. The van der Waals surface area contributed by atoms with Crippen molar-refractivity contribution < 1.29 is 34.2 Å². The van der Waals surface area contributed by atoms with Crippen LogP contribution in [-0.4, -0.2) is 73.9 Å². The quantitative estimate of drug-likeness (QED) is 0.132. The molecule has 212 valence electrons. The van der Waals surface area contributed by atoms with E-state index in [-0.39, 0.29) is 31.4 Å². The summed E-state index contributed by atoms with van der Waals surface area (Å²) in [6.45, 7) is 3.30. The van der Waals surface area contributed by atoms with Gasteiger partial charge in [0, 0.05) is 31.2 Å². The summed E-state index contributed by atoms with van der Waals surface area (Å²) in [5.74, 6) is -4.63. The van der Waals surface area contributed by atoms with Crippen LogP contribution in [0.1, 0.15) is 37.9 Å². The molecule has 4 unspecified atom stereocenters. The number of imidazole rings is 1. The number of aromatic amines is 1. The zero-order chi connectivity index (χ0) is 29.1. The number of phenolic OH excluding ortho intramolecular Hbond substituents is 1. The van der Waals surface area contributed by atoms with Crippen LogP contribution in [0.5, 0.6) is 5.75 Å². The number of benzene rings is 1. The van der Waals surface area contributed by atoms with E-state index in [0.29, 0.717) is 11.3 Å². The minimum atomic E-state index is -1.39. The summed E-state index contributed by atoms with van der Waals surface area (Å²) < 4.78 is 0. The number of nitrogens with two attached hydrogens (primary N) is 2. The molecule has 0 aliphatic carbocycles. The number of phenols is 1. The van der Waals surface area contributed by atoms with Crippen LogP contribution >= 0.6 is 0 Å². The second-order valence-corrected chi connectivity index (χ2v) is 9.45. The summed E-state index contributed by atoms with van der Waals surface area (Å²) in [6, 6.07) is 1.30. The van der Waals surface area contributed by atoms with E-state index in [1.165, 1.54) is 24.7 Å². The molecular formula is C25H35N7O7. The lowest BCUT2D eigenvalue weighted by molar-refractivity contribution is -0.143. The molecular weight excluding hydrogens is 510 g/mol. The predicted molar refractivity (Wildman–Crippen MR) is 139 cm³/mol. The Bertz CT molecular complexity index is 1140. The van der Waals surface area contributed by atoms with Crippen LogP contribution in [0.25, 0.3) is 0 Å². The van der Waals surface area contributed by atoms with Gasteiger partial charge in [0.1, 0.15) is 23.9 Å². The number of carboxylic acid groups (broad SMARTS) is 1. The number of nitrogens with one attached hydrogen (secondary N) is 4. The van der Waals surface area contributed by atoms with Gasteiger partial charge >= 0.3 is 5.97 Å². The summed E-state index contributed by atoms with van der Waals surface area (Å²) in [6.07, 6.45) is 2.64. The molecule has 1 aromatic heterocycles. The van der Waals surface area contributed by atoms with Crippen LogP contribution < -0.4 is 27.4 Å². The van der Waals surface area contributed by atoms with Gasteiger partial charge in [-0.25, -0.2) is 9.78 Å². The summed E-state index contributed by atoms with van der Waals surface area (Å²) in [7, 11) is 0. The molecule has 0 aliphatic rings. The molecule has 14 nitrogen and oxygen atoms in total. The Labute approximate surface area is 224 Å². The highest BCUT2D eigenvalue weighted by atomic mass is 16.4. The summed E-state index contributed by atoms with van der Waals surface area (Å²) in [5, 5.41) is 26.5. The van der Waals surface area contributed by atoms with Crippen LogP contribution in [0.4, 0.5) is 0 Å². The van der Waals surface area contributed by atoms with Crippen molar-refractivity contribution in [2.75, 3.05) is 0 Å². The Morgan fingerprint density at radius 2 is 1.59 bits per heavy atom. The molecule has 0 saturated carbocycles. The number of aliphatic carboxylic acids is 1. The number of carbonyl (C=O) groups is 5. The lowest BCUT2D eigenvalue weighted by Gasteiger charge is -2.27. The van der Waals surface area contributed by atoms with Crippen molar-refractivity contribution in [2.45, 2.75) is 63.7 Å². The zero-order valence-corrected chi connectivity index (χ0v) is 21.7. The third-order valence-corrected chi connectivity index (χ3v) is 5.88. The standard InChI is InChI=1S/C25H35N7O7/c1-13(2)21(24(37)30-18(25(38)39)7-8-20(27)34)32-23(36)19(9-14-3-5-16(33)6-4-14)31-22(35)17(26)10-15-11-28-12-29-15/h3-6,11-13,17-19,21,33H,7-10,26H2,1-2H3,(H2,27,34)(H,28,29)(H,30,37)(H,31,35)(H,32,36)(H,38,39). The Morgan fingerprint density at radius 1 is 0.949 bits per heavy atom. The largest absolute Gasteiger partial charge is 0.508 e. The highest BCUT2D eigenvalue weighted by molar-refractivity contribution is 5.94. The van der Waals surface area contributed by atoms with Crippen LogP contribution in [0.15, 0.2) is 36.8 Å². The maximum atomic E-state index is 13.4. The van der Waals surface area contributed by atoms with Gasteiger partial charge in [-0.2, -0.15) is 0 Å². The van der Waals surface area contributed by atoms with Crippen molar-refractivity contribution in [3.63, 3.8) is 0 Å². The van der Waals surface area contributed by atoms with Crippen molar-refractivity contribution in [2.24, 2.45) is 17.4 Å². The van der Waals surface area contributed by atoms with Crippen molar-refractivity contribution in [1.29, 1.82) is 0 Å². The van der Waals surface area contributed by atoms with E-state index < -0.39 is 59.7 Å². The molecule has 14 heteroatoms. The van der Waals surface area contributed by atoms with E-state index in [9.17, 15) is 34.2 Å². The second kappa shape index (κ2) is 14.5. The molecule has 2 rings (SSSR count). The van der Waals surface area contributed by atoms with Gasteiger partial charge in [0.2, 0.25) is 23.6 Å². The SMILES string of the molecule is CC(C)C(NC(=O)C(Cc1ccc(O)cc1)NC(=O)C(N)Cc1cnc[nH]1)C(=O)NC(CCC(N)=O)C(=O)O. The molecule has 0 aliphatic heterocycles. The third kappa shape index (κ3) is 10.1. The topological polar surface area (TPSA) is 243 Å². The van der Waals surface area contributed by atoms with Gasteiger partial charge < -0.3 is 42.6 Å². The van der Waals surface area contributed by atoms with Crippen LogP contribution in [-0.2, 0) is 36.8 Å². The third-order valence-electron chi connectivity index (χ3n) is 5.88. The van der Waals surface area contributed by atoms with Crippen molar-refractivity contribution in [3.05, 3.63) is 48.0 Å². The Hall–Kier alpha value is -4.46. The fourth-order valence-corrected chi connectivity index (χ4v) is 3.68. The number of rotatable bonds is 15. The Kier molecular flexibility index (Phi) is 11.4. The Balaban J connectivity index is 2.19. The van der Waals surface area contributed by atoms with Gasteiger partial charge in [-0.15, -0.1) is 0 Å². The van der Waals surface area contributed by atoms with Crippen LogP contribution in [0.3, 0.4) is 0 Å². The molecule has 1 heterocycles. The molecule has 0 fully saturated rings. The average Bonchev–Trinajstić information content (AvgIpc) is 3.38. The van der Waals surface area contributed by atoms with E-state index in [4.69, 9.17) is 11.5 Å². The highest BCUT2D eigenvalue weighted by Crippen LogP contribution is 2.13. The number of H-pyrrole nitrogens is 1. The minimum Gasteiger partial charge on any atom is -0.508 e. The van der Waals surface area contributed by atoms with Gasteiger partial charge in [-0.3, -0.25) is 19.2 Å². The van der Waals surface area contributed by atoms with Crippen molar-refractivity contribution in [3.8, 4) is 5.75 Å². The van der Waals surface area contributed by atoms with Gasteiger partial charge in [0.25, 0.3) is 0 Å². The van der Waals surface area contributed by atoms with Gasteiger partial charge in [-0.1, -0.05) is 26.0 Å². The van der Waals surface area contributed by atoms with Crippen LogP contribution in [0, 0.1) is 5.92 Å². The highest BCUT2D eigenvalue weighted by Gasteiger charge is 2.32. The van der Waals surface area contributed by atoms with Gasteiger partial charge in [0.05, 0.1) is 12.4 Å². The molecule has 0 bridgehead atoms. The lowest BCUT2D eigenvalue weighted by Crippen LogP contribution is -2.59. The average molecular weight is 546 g/mol. The van der Waals surface area contributed by atoms with E-state index in [1.807, 2.05) is 0 Å². The first kappa shape index (κ1) is 30.8. The molecule has 4 amide bonds. The number of hydrogen-bond acceptors (Lipinski definition) is 8. The number of aromatic hydroxyl groups is 1. The number of carboxylic acids is 1. The maximum Gasteiger partial charge on any atom is 0.326 e. The number of amides is 4. The summed E-state index contributed by atoms with van der Waals surface area (Å²) >= 11 is 0.